The van der Waals surface area contributed by atoms with Crippen LogP contribution >= 0.6 is 0 Å². The molecule has 1 N–H and O–H groups in total. The van der Waals surface area contributed by atoms with E-state index >= 15 is 0 Å². The normalized spacial score (nSPS) is 12.0. The topological polar surface area (TPSA) is 49.4 Å². The highest BCUT2D eigenvalue weighted by Crippen LogP contribution is 2.16. The summed E-state index contributed by atoms with van der Waals surface area (Å²) in [4.78, 5) is 27.5. The van der Waals surface area contributed by atoms with Gasteiger partial charge in [-0.1, -0.05) is 48.0 Å². The van der Waals surface area contributed by atoms with Crippen LogP contribution in [0, 0.1) is 20.8 Å². The maximum atomic E-state index is 13.2. The molecular weight excluding hydrogens is 348 g/mol. The Kier molecular flexibility index (Phi) is 7.38. The van der Waals surface area contributed by atoms with Gasteiger partial charge < -0.3 is 10.2 Å². The van der Waals surface area contributed by atoms with E-state index in [0.29, 0.717) is 6.54 Å². The molecule has 0 saturated heterocycles. The molecule has 150 valence electrons. The molecule has 28 heavy (non-hydrogen) atoms. The van der Waals surface area contributed by atoms with Gasteiger partial charge in [-0.25, -0.2) is 0 Å². The third kappa shape index (κ3) is 5.95. The summed E-state index contributed by atoms with van der Waals surface area (Å²) in [5.41, 5.74) is 5.51. The Morgan fingerprint density at radius 3 is 2.25 bits per heavy atom. The molecule has 1 atom stereocenters. The largest absolute Gasteiger partial charge is 0.352 e. The van der Waals surface area contributed by atoms with E-state index in [0.717, 1.165) is 16.7 Å². The highest BCUT2D eigenvalue weighted by molar-refractivity contribution is 5.88. The van der Waals surface area contributed by atoms with Crippen molar-refractivity contribution in [1.82, 2.24) is 10.2 Å². The average molecular weight is 381 g/mol. The number of hydrogen-bond acceptors (Lipinski definition) is 2. The minimum atomic E-state index is -0.540. The van der Waals surface area contributed by atoms with Crippen molar-refractivity contribution in [1.29, 1.82) is 0 Å². The highest BCUT2D eigenvalue weighted by Gasteiger charge is 2.26. The number of benzene rings is 2. The fourth-order valence-corrected chi connectivity index (χ4v) is 3.18. The molecule has 2 aromatic rings. The number of amides is 2. The van der Waals surface area contributed by atoms with Gasteiger partial charge in [-0.2, -0.15) is 0 Å². The van der Waals surface area contributed by atoms with Gasteiger partial charge in [-0.05, 0) is 63.8 Å². The lowest BCUT2D eigenvalue weighted by Gasteiger charge is -2.29. The van der Waals surface area contributed by atoms with Crippen molar-refractivity contribution in [3.8, 4) is 0 Å². The first-order valence-corrected chi connectivity index (χ1v) is 9.89. The molecule has 0 aromatic heterocycles. The quantitative estimate of drug-likeness (QED) is 0.786. The first-order chi connectivity index (χ1) is 13.2. The van der Waals surface area contributed by atoms with E-state index in [-0.39, 0.29) is 24.3 Å². The Bertz CT molecular complexity index is 842. The fraction of sp³-hybridized carbons (Fsp3) is 0.417. The smallest absolute Gasteiger partial charge is 0.242 e. The summed E-state index contributed by atoms with van der Waals surface area (Å²) in [7, 11) is 0. The van der Waals surface area contributed by atoms with Gasteiger partial charge in [0.15, 0.2) is 0 Å². The van der Waals surface area contributed by atoms with E-state index in [1.165, 1.54) is 11.1 Å². The Morgan fingerprint density at radius 1 is 0.929 bits per heavy atom. The molecule has 0 radical (unpaired) electrons. The lowest BCUT2D eigenvalue weighted by molar-refractivity contribution is -0.140. The van der Waals surface area contributed by atoms with Crippen LogP contribution in [0.5, 0.6) is 0 Å². The number of nitrogens with zero attached hydrogens (tertiary/aromatic N) is 1. The molecule has 0 heterocycles. The Balaban J connectivity index is 2.26. The van der Waals surface area contributed by atoms with Crippen LogP contribution < -0.4 is 5.32 Å². The molecule has 0 aliphatic heterocycles. The van der Waals surface area contributed by atoms with Crippen LogP contribution in [0.2, 0.25) is 0 Å². The molecule has 0 aliphatic rings. The maximum absolute atomic E-state index is 13.2. The van der Waals surface area contributed by atoms with Crippen molar-refractivity contribution in [3.63, 3.8) is 0 Å². The van der Waals surface area contributed by atoms with Crippen molar-refractivity contribution in [2.24, 2.45) is 0 Å². The Labute approximate surface area is 169 Å². The SMILES string of the molecule is Cc1cccc(CN(C(=O)Cc2ccc(C)c(C)c2)[C@@H](C)C(=O)NC(C)C)c1. The summed E-state index contributed by atoms with van der Waals surface area (Å²) in [5, 5.41) is 2.92. The van der Waals surface area contributed by atoms with E-state index in [2.05, 4.69) is 24.4 Å². The van der Waals surface area contributed by atoms with Gasteiger partial charge in [-0.15, -0.1) is 0 Å². The first kappa shape index (κ1) is 21.7. The minimum Gasteiger partial charge on any atom is -0.352 e. The van der Waals surface area contributed by atoms with E-state index in [4.69, 9.17) is 0 Å². The molecule has 4 nitrogen and oxygen atoms in total. The standard InChI is InChI=1S/C24H32N2O2/c1-16(2)25-24(28)20(6)26(15-22-9-7-8-17(3)12-22)23(27)14-21-11-10-18(4)19(5)13-21/h7-13,16,20H,14-15H2,1-6H3,(H,25,28)/t20-/m0/s1. The molecule has 2 rings (SSSR count). The van der Waals surface area contributed by atoms with Crippen LogP contribution in [0.25, 0.3) is 0 Å². The predicted molar refractivity (Wildman–Crippen MR) is 114 cm³/mol. The molecule has 2 amide bonds. The number of carbonyl (C=O) groups is 2. The second-order valence-electron chi connectivity index (χ2n) is 7.95. The van der Waals surface area contributed by atoms with Crippen molar-refractivity contribution in [2.45, 2.75) is 66.6 Å². The van der Waals surface area contributed by atoms with Crippen LogP contribution in [-0.2, 0) is 22.6 Å². The summed E-state index contributed by atoms with van der Waals surface area (Å²) in [6, 6.07) is 13.6. The second-order valence-corrected chi connectivity index (χ2v) is 7.95. The highest BCUT2D eigenvalue weighted by atomic mass is 16.2. The van der Waals surface area contributed by atoms with Crippen LogP contribution in [0.4, 0.5) is 0 Å². The zero-order chi connectivity index (χ0) is 20.8. The van der Waals surface area contributed by atoms with Crippen molar-refractivity contribution in [3.05, 3.63) is 70.3 Å². The van der Waals surface area contributed by atoms with Gasteiger partial charge >= 0.3 is 0 Å². The van der Waals surface area contributed by atoms with Gasteiger partial charge in [0.2, 0.25) is 11.8 Å². The predicted octanol–water partition coefficient (Wildman–Crippen LogP) is 4.10. The molecule has 4 heteroatoms. The number of carbonyl (C=O) groups excluding carboxylic acids is 2. The summed E-state index contributed by atoms with van der Waals surface area (Å²) >= 11 is 0. The van der Waals surface area contributed by atoms with Gasteiger partial charge in [-0.3, -0.25) is 9.59 Å². The van der Waals surface area contributed by atoms with Crippen LogP contribution in [0.1, 0.15) is 48.6 Å². The maximum Gasteiger partial charge on any atom is 0.242 e. The molecule has 0 unspecified atom stereocenters. The second kappa shape index (κ2) is 9.54. The van der Waals surface area contributed by atoms with Crippen molar-refractivity contribution < 1.29 is 9.59 Å². The number of aryl methyl sites for hydroxylation is 3. The third-order valence-corrected chi connectivity index (χ3v) is 4.96. The fourth-order valence-electron chi connectivity index (χ4n) is 3.18. The molecule has 0 fully saturated rings. The van der Waals surface area contributed by atoms with E-state index in [9.17, 15) is 9.59 Å². The van der Waals surface area contributed by atoms with Gasteiger partial charge in [0, 0.05) is 12.6 Å². The molecule has 0 spiro atoms. The van der Waals surface area contributed by atoms with Gasteiger partial charge in [0.05, 0.1) is 6.42 Å². The minimum absolute atomic E-state index is 0.0330. The lowest BCUT2D eigenvalue weighted by Crippen LogP contribution is -2.49. The monoisotopic (exact) mass is 380 g/mol. The summed E-state index contributed by atoms with van der Waals surface area (Å²) in [5.74, 6) is -0.174. The van der Waals surface area contributed by atoms with Crippen molar-refractivity contribution in [2.75, 3.05) is 0 Å². The number of nitrogens with one attached hydrogen (secondary N) is 1. The summed E-state index contributed by atoms with van der Waals surface area (Å²) < 4.78 is 0. The van der Waals surface area contributed by atoms with E-state index < -0.39 is 6.04 Å². The summed E-state index contributed by atoms with van der Waals surface area (Å²) in [6.45, 7) is 12.2. The zero-order valence-corrected chi connectivity index (χ0v) is 17.9. The van der Waals surface area contributed by atoms with Gasteiger partial charge in [0.1, 0.15) is 6.04 Å². The molecule has 0 saturated carbocycles. The molecular formula is C24H32N2O2. The first-order valence-electron chi connectivity index (χ1n) is 9.89. The molecule has 0 bridgehead atoms. The van der Waals surface area contributed by atoms with Crippen LogP contribution in [-0.4, -0.2) is 28.8 Å². The van der Waals surface area contributed by atoms with Crippen LogP contribution in [0.15, 0.2) is 42.5 Å². The van der Waals surface area contributed by atoms with E-state index in [1.807, 2.05) is 58.0 Å². The zero-order valence-electron chi connectivity index (χ0n) is 17.9. The van der Waals surface area contributed by atoms with Crippen molar-refractivity contribution >= 4 is 11.8 Å². The average Bonchev–Trinajstić information content (AvgIpc) is 2.61. The Morgan fingerprint density at radius 2 is 1.64 bits per heavy atom. The molecule has 2 aromatic carbocycles. The molecule has 0 aliphatic carbocycles. The number of rotatable bonds is 7. The Hall–Kier alpha value is -2.62. The van der Waals surface area contributed by atoms with Gasteiger partial charge in [0.25, 0.3) is 0 Å². The van der Waals surface area contributed by atoms with E-state index in [1.54, 1.807) is 11.8 Å². The summed E-state index contributed by atoms with van der Waals surface area (Å²) in [6.07, 6.45) is 0.284. The lowest BCUT2D eigenvalue weighted by atomic mass is 10.0. The number of hydrogen-bond donors (Lipinski definition) is 1. The van der Waals surface area contributed by atoms with Crippen LogP contribution in [0.3, 0.4) is 0 Å². The third-order valence-electron chi connectivity index (χ3n) is 4.96.